The number of aromatic nitrogens is 2. The van der Waals surface area contributed by atoms with Crippen molar-refractivity contribution in [3.8, 4) is 22.5 Å². The normalized spacial score (nSPS) is 22.1. The third-order valence-electron chi connectivity index (χ3n) is 10.3. The van der Waals surface area contributed by atoms with E-state index in [2.05, 4.69) is 31.2 Å². The largest absolute Gasteiger partial charge is 0.354 e. The van der Waals surface area contributed by atoms with Crippen LogP contribution < -0.4 is 21.3 Å². The number of para-hydroxylation sites is 2. The van der Waals surface area contributed by atoms with Gasteiger partial charge in [0.1, 0.15) is 24.2 Å². The molecule has 6 N–H and O–H groups in total. The van der Waals surface area contributed by atoms with Crippen LogP contribution in [0.2, 0.25) is 0 Å². The van der Waals surface area contributed by atoms with Crippen molar-refractivity contribution < 1.29 is 19.2 Å². The lowest BCUT2D eigenvalue weighted by atomic mass is 9.93. The molecule has 12 aliphatic rings. The standard InChI is InChI=1S/C40H34N6O4/c47-37-31-18-22-11-15-24(16-12-22)36-28(26-6-2-4-8-30(26)42-36)20-34-40(50)44-32(38(48)46-34)17-21-9-13-23(14-10-21)35-27(19-33(45-37)39(49)43-31)25-5-1-3-7-29(25)41-35/h1-16,31-34,41-42H,17-20H2,(H,43,49)(H,44,50)(H,45,47)(H,46,48). The van der Waals surface area contributed by atoms with Gasteiger partial charge in [0.05, 0.1) is 0 Å². The minimum atomic E-state index is -0.735. The summed E-state index contributed by atoms with van der Waals surface area (Å²) < 4.78 is 0. The first-order valence-corrected chi connectivity index (χ1v) is 17.0. The van der Waals surface area contributed by atoms with Crippen molar-refractivity contribution in [2.75, 3.05) is 0 Å². The maximum absolute atomic E-state index is 13.5. The van der Waals surface area contributed by atoms with Crippen LogP contribution >= 0.6 is 0 Å². The highest BCUT2D eigenvalue weighted by Gasteiger charge is 2.36. The van der Waals surface area contributed by atoms with Gasteiger partial charge in [0.2, 0.25) is 23.6 Å². The van der Waals surface area contributed by atoms with E-state index in [9.17, 15) is 19.2 Å². The van der Waals surface area contributed by atoms with Gasteiger partial charge in [-0.15, -0.1) is 0 Å². The Morgan fingerprint density at radius 3 is 1.12 bits per heavy atom. The fourth-order valence-electron chi connectivity index (χ4n) is 7.74. The lowest BCUT2D eigenvalue weighted by Crippen LogP contribution is -2.62. The smallest absolute Gasteiger partial charge is 0.243 e. The van der Waals surface area contributed by atoms with Crippen molar-refractivity contribution in [1.82, 2.24) is 31.2 Å². The molecule has 8 bridgehead atoms. The molecule has 0 spiro atoms. The van der Waals surface area contributed by atoms with Crippen LogP contribution in [0.1, 0.15) is 22.3 Å². The fraction of sp³-hybridized carbons (Fsp3) is 0.200. The van der Waals surface area contributed by atoms with Gasteiger partial charge >= 0.3 is 0 Å². The number of aromatic amines is 2. The molecule has 248 valence electrons. The van der Waals surface area contributed by atoms with Gasteiger partial charge in [0.25, 0.3) is 0 Å². The van der Waals surface area contributed by atoms with E-state index in [-0.39, 0.29) is 23.6 Å². The van der Waals surface area contributed by atoms with Gasteiger partial charge in [0.15, 0.2) is 0 Å². The van der Waals surface area contributed by atoms with Crippen molar-refractivity contribution in [2.24, 2.45) is 0 Å². The summed E-state index contributed by atoms with van der Waals surface area (Å²) in [4.78, 5) is 60.9. The quantitative estimate of drug-likeness (QED) is 0.147. The van der Waals surface area contributed by atoms with Gasteiger partial charge in [0, 0.05) is 58.9 Å². The van der Waals surface area contributed by atoms with Gasteiger partial charge in [-0.05, 0) is 45.5 Å². The van der Waals surface area contributed by atoms with Crippen LogP contribution in [0.15, 0.2) is 97.1 Å². The average molecular weight is 663 g/mol. The van der Waals surface area contributed by atoms with Crippen LogP contribution in [0.4, 0.5) is 0 Å². The Hall–Kier alpha value is -6.16. The summed E-state index contributed by atoms with van der Waals surface area (Å²) >= 11 is 0. The maximum Gasteiger partial charge on any atom is 0.243 e. The van der Waals surface area contributed by atoms with E-state index in [4.69, 9.17) is 0 Å². The second-order valence-corrected chi connectivity index (χ2v) is 13.5. The van der Waals surface area contributed by atoms with Gasteiger partial charge < -0.3 is 31.2 Å². The molecule has 10 heteroatoms. The molecule has 0 aliphatic carbocycles. The van der Waals surface area contributed by atoms with Gasteiger partial charge in [-0.1, -0.05) is 84.9 Å². The summed E-state index contributed by atoms with van der Waals surface area (Å²) in [7, 11) is 0. The lowest BCUT2D eigenvalue weighted by Gasteiger charge is -2.30. The van der Waals surface area contributed by atoms with Crippen LogP contribution in [0.25, 0.3) is 44.3 Å². The van der Waals surface area contributed by atoms with E-state index in [1.165, 1.54) is 0 Å². The summed E-state index contributed by atoms with van der Waals surface area (Å²) in [6, 6.07) is 28.7. The molecule has 14 heterocycles. The number of nitrogens with one attached hydrogen (secondary N) is 6. The van der Waals surface area contributed by atoms with Gasteiger partial charge in [-0.3, -0.25) is 19.2 Å². The Bertz CT molecular complexity index is 2170. The Morgan fingerprint density at radius 1 is 0.400 bits per heavy atom. The lowest BCUT2D eigenvalue weighted by molar-refractivity contribution is -0.136. The summed E-state index contributed by atoms with van der Waals surface area (Å²) in [6.45, 7) is 0. The van der Waals surface area contributed by atoms with Crippen molar-refractivity contribution >= 4 is 45.4 Å². The number of benzene rings is 4. The summed E-state index contributed by atoms with van der Waals surface area (Å²) in [5.74, 6) is -0.866. The molecule has 18 rings (SSSR count). The first kappa shape index (κ1) is 29.9. The number of hydrogen-bond acceptors (Lipinski definition) is 4. The number of H-pyrrole nitrogens is 2. The molecule has 4 amide bonds. The van der Waals surface area contributed by atoms with Gasteiger partial charge in [-0.25, -0.2) is 0 Å². The summed E-state index contributed by atoms with van der Waals surface area (Å²) in [5.41, 5.74) is 9.04. The molecule has 12 aliphatic heterocycles. The summed E-state index contributed by atoms with van der Waals surface area (Å²) in [6.07, 6.45) is 1.29. The molecular weight excluding hydrogens is 628 g/mol. The highest BCUT2D eigenvalue weighted by Crippen LogP contribution is 2.34. The van der Waals surface area contributed by atoms with Crippen molar-refractivity contribution in [3.63, 3.8) is 0 Å². The van der Waals surface area contributed by atoms with Crippen molar-refractivity contribution in [2.45, 2.75) is 49.9 Å². The number of carbonyl (C=O) groups excluding carboxylic acids is 4. The number of hydrogen-bond donors (Lipinski definition) is 6. The van der Waals surface area contributed by atoms with Crippen LogP contribution in [-0.4, -0.2) is 57.8 Å². The molecule has 0 saturated carbocycles. The zero-order valence-corrected chi connectivity index (χ0v) is 27.0. The van der Waals surface area contributed by atoms with E-state index in [0.29, 0.717) is 25.7 Å². The number of fused-ring (bicyclic) bond motifs is 2. The topological polar surface area (TPSA) is 148 Å². The second-order valence-electron chi connectivity index (χ2n) is 13.5. The Kier molecular flexibility index (Phi) is 7.04. The molecule has 0 radical (unpaired) electrons. The van der Waals surface area contributed by atoms with E-state index in [0.717, 1.165) is 66.6 Å². The number of piperazine rings is 2. The third-order valence-corrected chi connectivity index (χ3v) is 10.3. The zero-order valence-electron chi connectivity index (χ0n) is 27.0. The highest BCUT2D eigenvalue weighted by atomic mass is 16.2. The van der Waals surface area contributed by atoms with Crippen molar-refractivity contribution in [1.29, 1.82) is 0 Å². The van der Waals surface area contributed by atoms with Crippen LogP contribution in [-0.2, 0) is 44.9 Å². The van der Waals surface area contributed by atoms with E-state index >= 15 is 0 Å². The molecule has 10 nitrogen and oxygen atoms in total. The molecule has 4 unspecified atom stereocenters. The van der Waals surface area contributed by atoms with Crippen LogP contribution in [0.5, 0.6) is 0 Å². The van der Waals surface area contributed by atoms with E-state index in [1.807, 2.05) is 97.1 Å². The molecule has 4 atom stereocenters. The Balaban J connectivity index is 1.11. The van der Waals surface area contributed by atoms with E-state index in [1.54, 1.807) is 0 Å². The maximum atomic E-state index is 13.5. The predicted octanol–water partition coefficient (Wildman–Crippen LogP) is 3.83. The van der Waals surface area contributed by atoms with Crippen molar-refractivity contribution in [3.05, 3.63) is 119 Å². The minimum Gasteiger partial charge on any atom is -0.354 e. The zero-order chi connectivity index (χ0) is 33.9. The van der Waals surface area contributed by atoms with Crippen LogP contribution in [0.3, 0.4) is 0 Å². The first-order valence-electron chi connectivity index (χ1n) is 17.0. The molecule has 50 heavy (non-hydrogen) atoms. The first-order chi connectivity index (χ1) is 24.4. The summed E-state index contributed by atoms with van der Waals surface area (Å²) in [5, 5.41) is 13.9. The molecular formula is C40H34N6O4. The third kappa shape index (κ3) is 5.20. The highest BCUT2D eigenvalue weighted by molar-refractivity contribution is 6.00. The Morgan fingerprint density at radius 2 is 0.740 bits per heavy atom. The minimum absolute atomic E-state index is 0.216. The average Bonchev–Trinajstić information content (AvgIpc) is 3.68. The molecule has 4 aromatic carbocycles. The van der Waals surface area contributed by atoms with E-state index < -0.39 is 24.2 Å². The predicted molar refractivity (Wildman–Crippen MR) is 190 cm³/mol. The monoisotopic (exact) mass is 662 g/mol. The fourth-order valence-corrected chi connectivity index (χ4v) is 7.74. The van der Waals surface area contributed by atoms with Gasteiger partial charge in [-0.2, -0.15) is 0 Å². The van der Waals surface area contributed by atoms with Crippen LogP contribution in [0, 0.1) is 0 Å². The molecule has 2 fully saturated rings. The number of rotatable bonds is 0. The SMILES string of the molecule is O=C1NC2Cc3c([nH]c4ccccc34)-c3ccc(cc3)CC3NC(=O)C(Cc4c([nH]c5ccccc45)-c4ccc(cc4)CC1NC2=O)NC3=O. The molecule has 6 aromatic rings. The Labute approximate surface area is 287 Å². The second kappa shape index (κ2) is 11.8. The molecule has 2 saturated heterocycles. The number of amides is 4. The number of carbonyl (C=O) groups is 4. The molecule has 2 aromatic heterocycles.